The highest BCUT2D eigenvalue weighted by Crippen LogP contribution is 2.39. The zero-order chi connectivity index (χ0) is 13.5. The SMILES string of the molecule is O=C(Nc1ccc2c(c1)COC2)c1cc(C2CC2)[nH]n1. The normalized spacial score (nSPS) is 17.0. The van der Waals surface area contributed by atoms with Crippen LogP contribution in [0.1, 0.15) is 46.1 Å². The second-order valence-electron chi connectivity index (χ2n) is 5.41. The quantitative estimate of drug-likeness (QED) is 0.900. The number of H-pyrrole nitrogens is 1. The third-order valence-electron chi connectivity index (χ3n) is 3.83. The molecule has 1 aromatic carbocycles. The van der Waals surface area contributed by atoms with E-state index >= 15 is 0 Å². The average Bonchev–Trinajstić information content (AvgIpc) is 3.01. The number of nitrogens with zero attached hydrogens (tertiary/aromatic N) is 1. The molecule has 1 amide bonds. The molecular weight excluding hydrogens is 254 g/mol. The van der Waals surface area contributed by atoms with Gasteiger partial charge in [-0.2, -0.15) is 5.10 Å². The number of aromatic amines is 1. The number of rotatable bonds is 3. The van der Waals surface area contributed by atoms with Crippen LogP contribution in [0.5, 0.6) is 0 Å². The van der Waals surface area contributed by atoms with Gasteiger partial charge < -0.3 is 10.1 Å². The number of hydrogen-bond acceptors (Lipinski definition) is 3. The smallest absolute Gasteiger partial charge is 0.276 e. The molecule has 2 heterocycles. The molecule has 0 radical (unpaired) electrons. The fourth-order valence-corrected chi connectivity index (χ4v) is 2.50. The highest BCUT2D eigenvalue weighted by molar-refractivity contribution is 6.03. The lowest BCUT2D eigenvalue weighted by Crippen LogP contribution is -2.12. The minimum absolute atomic E-state index is 0.174. The number of carbonyl (C=O) groups excluding carboxylic acids is 1. The van der Waals surface area contributed by atoms with Gasteiger partial charge in [-0.1, -0.05) is 6.07 Å². The Hall–Kier alpha value is -2.14. The Morgan fingerprint density at radius 3 is 2.95 bits per heavy atom. The lowest BCUT2D eigenvalue weighted by molar-refractivity contribution is 0.102. The van der Waals surface area contributed by atoms with Gasteiger partial charge in [-0.05, 0) is 42.2 Å². The van der Waals surface area contributed by atoms with Crippen molar-refractivity contribution in [2.45, 2.75) is 32.0 Å². The molecular formula is C15H15N3O2. The van der Waals surface area contributed by atoms with Crippen molar-refractivity contribution in [3.63, 3.8) is 0 Å². The largest absolute Gasteiger partial charge is 0.372 e. The predicted molar refractivity (Wildman–Crippen MR) is 73.5 cm³/mol. The van der Waals surface area contributed by atoms with Gasteiger partial charge >= 0.3 is 0 Å². The highest BCUT2D eigenvalue weighted by atomic mass is 16.5. The van der Waals surface area contributed by atoms with Gasteiger partial charge in [0.1, 0.15) is 0 Å². The van der Waals surface area contributed by atoms with Gasteiger partial charge in [-0.25, -0.2) is 0 Å². The van der Waals surface area contributed by atoms with Gasteiger partial charge in [0.2, 0.25) is 0 Å². The highest BCUT2D eigenvalue weighted by Gasteiger charge is 2.26. The Morgan fingerprint density at radius 2 is 2.10 bits per heavy atom. The van der Waals surface area contributed by atoms with Crippen molar-refractivity contribution >= 4 is 11.6 Å². The molecule has 0 atom stereocenters. The molecule has 0 saturated heterocycles. The van der Waals surface area contributed by atoms with Crippen LogP contribution < -0.4 is 5.32 Å². The van der Waals surface area contributed by atoms with Crippen molar-refractivity contribution in [1.82, 2.24) is 10.2 Å². The number of anilines is 1. The molecule has 20 heavy (non-hydrogen) atoms. The molecule has 1 saturated carbocycles. The summed E-state index contributed by atoms with van der Waals surface area (Å²) in [5.41, 5.74) is 4.64. The topological polar surface area (TPSA) is 67.0 Å². The van der Waals surface area contributed by atoms with E-state index in [1.807, 2.05) is 24.3 Å². The second-order valence-corrected chi connectivity index (χ2v) is 5.41. The Labute approximate surface area is 116 Å². The first-order valence-corrected chi connectivity index (χ1v) is 6.86. The van der Waals surface area contributed by atoms with Crippen molar-refractivity contribution in [2.75, 3.05) is 5.32 Å². The first-order chi connectivity index (χ1) is 9.79. The number of nitrogens with one attached hydrogen (secondary N) is 2. The Kier molecular flexibility index (Phi) is 2.60. The molecule has 2 N–H and O–H groups in total. The van der Waals surface area contributed by atoms with Gasteiger partial charge in [0.25, 0.3) is 5.91 Å². The van der Waals surface area contributed by atoms with E-state index in [2.05, 4.69) is 15.5 Å². The zero-order valence-corrected chi connectivity index (χ0v) is 11.0. The van der Waals surface area contributed by atoms with E-state index in [0.717, 1.165) is 16.9 Å². The lowest BCUT2D eigenvalue weighted by Gasteiger charge is -2.05. The van der Waals surface area contributed by atoms with Crippen LogP contribution in [0, 0.1) is 0 Å². The number of hydrogen-bond donors (Lipinski definition) is 2. The third kappa shape index (κ3) is 2.10. The van der Waals surface area contributed by atoms with Crippen LogP contribution in [0.25, 0.3) is 0 Å². The van der Waals surface area contributed by atoms with Gasteiger partial charge in [0.05, 0.1) is 13.2 Å². The zero-order valence-electron chi connectivity index (χ0n) is 11.0. The summed E-state index contributed by atoms with van der Waals surface area (Å²) in [4.78, 5) is 12.1. The van der Waals surface area contributed by atoms with Crippen molar-refractivity contribution in [1.29, 1.82) is 0 Å². The van der Waals surface area contributed by atoms with E-state index in [1.165, 1.54) is 18.4 Å². The van der Waals surface area contributed by atoms with Crippen LogP contribution in [0.2, 0.25) is 0 Å². The summed E-state index contributed by atoms with van der Waals surface area (Å²) >= 11 is 0. The van der Waals surface area contributed by atoms with Gasteiger partial charge in [-0.3, -0.25) is 9.89 Å². The van der Waals surface area contributed by atoms with Crippen LogP contribution in [0.4, 0.5) is 5.69 Å². The maximum absolute atomic E-state index is 12.1. The lowest BCUT2D eigenvalue weighted by atomic mass is 10.1. The maximum Gasteiger partial charge on any atom is 0.276 e. The van der Waals surface area contributed by atoms with Crippen LogP contribution >= 0.6 is 0 Å². The Morgan fingerprint density at radius 1 is 1.25 bits per heavy atom. The van der Waals surface area contributed by atoms with Crippen molar-refractivity contribution in [3.8, 4) is 0 Å². The van der Waals surface area contributed by atoms with E-state index in [-0.39, 0.29) is 5.91 Å². The molecule has 0 spiro atoms. The number of benzene rings is 1. The number of aromatic nitrogens is 2. The molecule has 1 aliphatic heterocycles. The van der Waals surface area contributed by atoms with E-state index in [4.69, 9.17) is 4.74 Å². The molecule has 1 aliphatic carbocycles. The molecule has 1 fully saturated rings. The standard InChI is InChI=1S/C15H15N3O2/c19-15(14-6-13(17-18-14)9-1-2-9)16-12-4-3-10-7-20-8-11(10)5-12/h3-6,9H,1-2,7-8H2,(H,16,19)(H,17,18). The van der Waals surface area contributed by atoms with E-state index in [0.29, 0.717) is 24.8 Å². The van der Waals surface area contributed by atoms with Crippen molar-refractivity contribution in [3.05, 3.63) is 46.8 Å². The molecule has 0 unspecified atom stereocenters. The molecule has 2 aliphatic rings. The van der Waals surface area contributed by atoms with Crippen molar-refractivity contribution < 1.29 is 9.53 Å². The fourth-order valence-electron chi connectivity index (χ4n) is 2.50. The summed E-state index contributed by atoms with van der Waals surface area (Å²) in [5.74, 6) is 0.396. The number of amides is 1. The van der Waals surface area contributed by atoms with Gasteiger partial charge in [-0.15, -0.1) is 0 Å². The third-order valence-corrected chi connectivity index (χ3v) is 3.83. The number of fused-ring (bicyclic) bond motifs is 1. The first-order valence-electron chi connectivity index (χ1n) is 6.86. The van der Waals surface area contributed by atoms with E-state index in [9.17, 15) is 4.79 Å². The molecule has 102 valence electrons. The molecule has 0 bridgehead atoms. The summed E-state index contributed by atoms with van der Waals surface area (Å²) in [7, 11) is 0. The van der Waals surface area contributed by atoms with Crippen LogP contribution in [-0.4, -0.2) is 16.1 Å². The van der Waals surface area contributed by atoms with Gasteiger partial charge in [0.15, 0.2) is 5.69 Å². The molecule has 4 rings (SSSR count). The summed E-state index contributed by atoms with van der Waals surface area (Å²) in [6.07, 6.45) is 2.38. The Bertz CT molecular complexity index is 674. The van der Waals surface area contributed by atoms with Crippen LogP contribution in [0.3, 0.4) is 0 Å². The Balaban J connectivity index is 1.51. The van der Waals surface area contributed by atoms with Crippen molar-refractivity contribution in [2.24, 2.45) is 0 Å². The summed E-state index contributed by atoms with van der Waals surface area (Å²) < 4.78 is 5.37. The molecule has 5 nitrogen and oxygen atoms in total. The first kappa shape index (κ1) is 11.7. The summed E-state index contributed by atoms with van der Waals surface area (Å²) in [6.45, 7) is 1.28. The minimum atomic E-state index is -0.174. The minimum Gasteiger partial charge on any atom is -0.372 e. The second kappa shape index (κ2) is 4.45. The van der Waals surface area contributed by atoms with E-state index in [1.54, 1.807) is 0 Å². The van der Waals surface area contributed by atoms with Crippen LogP contribution in [0.15, 0.2) is 24.3 Å². The molecule has 5 heteroatoms. The van der Waals surface area contributed by atoms with Crippen LogP contribution in [-0.2, 0) is 18.0 Å². The van der Waals surface area contributed by atoms with Gasteiger partial charge in [0, 0.05) is 17.3 Å². The number of carbonyl (C=O) groups is 1. The fraction of sp³-hybridized carbons (Fsp3) is 0.333. The molecule has 1 aromatic heterocycles. The monoisotopic (exact) mass is 269 g/mol. The average molecular weight is 269 g/mol. The summed E-state index contributed by atoms with van der Waals surface area (Å²) in [6, 6.07) is 7.72. The maximum atomic E-state index is 12.1. The van der Waals surface area contributed by atoms with E-state index < -0.39 is 0 Å². The predicted octanol–water partition coefficient (Wildman–Crippen LogP) is 2.57. The summed E-state index contributed by atoms with van der Waals surface area (Å²) in [5, 5.41) is 9.91. The molecule has 2 aromatic rings. The number of ether oxygens (including phenoxy) is 1.